The van der Waals surface area contributed by atoms with E-state index in [4.69, 9.17) is 14.6 Å². The van der Waals surface area contributed by atoms with Crippen molar-refractivity contribution in [2.45, 2.75) is 53.0 Å². The minimum atomic E-state index is -0.429. The van der Waals surface area contributed by atoms with Crippen LogP contribution in [0.3, 0.4) is 0 Å². The molecule has 0 saturated carbocycles. The smallest absolute Gasteiger partial charge is 0.338 e. The first-order chi connectivity index (χ1) is 19.2. The molecule has 1 N–H and O–H groups in total. The second-order valence-electron chi connectivity index (χ2n) is 11.5. The normalized spacial score (nSPS) is 17.5. The van der Waals surface area contributed by atoms with E-state index >= 15 is 0 Å². The largest absolute Gasteiger partial charge is 0.462 e. The molecule has 218 valence electrons. The van der Waals surface area contributed by atoms with Crippen LogP contribution in [0.25, 0.3) is 0 Å². The van der Waals surface area contributed by atoms with Gasteiger partial charge in [-0.1, -0.05) is 13.8 Å². The van der Waals surface area contributed by atoms with Gasteiger partial charge in [0.25, 0.3) is 11.8 Å². The third-order valence-corrected chi connectivity index (χ3v) is 7.51. The summed E-state index contributed by atoms with van der Waals surface area (Å²) in [5.74, 6) is -0.546. The zero-order valence-electron chi connectivity index (χ0n) is 24.3. The van der Waals surface area contributed by atoms with E-state index in [1.54, 1.807) is 28.9 Å². The maximum absolute atomic E-state index is 13.0. The van der Waals surface area contributed by atoms with E-state index < -0.39 is 11.4 Å². The van der Waals surface area contributed by atoms with Gasteiger partial charge < -0.3 is 24.6 Å². The number of amides is 2. The summed E-state index contributed by atoms with van der Waals surface area (Å²) in [4.78, 5) is 42.8. The van der Waals surface area contributed by atoms with Crippen LogP contribution in [0.15, 0.2) is 24.3 Å². The predicted molar refractivity (Wildman–Crippen MR) is 152 cm³/mol. The second-order valence-corrected chi connectivity index (χ2v) is 11.5. The highest BCUT2D eigenvalue weighted by atomic mass is 16.5. The van der Waals surface area contributed by atoms with Gasteiger partial charge in [-0.05, 0) is 57.5 Å². The molecule has 2 aromatic rings. The Morgan fingerprint density at radius 2 is 1.73 bits per heavy atom. The fourth-order valence-electron chi connectivity index (χ4n) is 5.14. The molecule has 3 heterocycles. The summed E-state index contributed by atoms with van der Waals surface area (Å²) < 4.78 is 13.2. The summed E-state index contributed by atoms with van der Waals surface area (Å²) in [6.07, 6.45) is 2.85. The zero-order valence-corrected chi connectivity index (χ0v) is 24.3. The fraction of sp³-hybridized carbons (Fsp3) is 0.600. The minimum Gasteiger partial charge on any atom is -0.462 e. The van der Waals surface area contributed by atoms with Crippen LogP contribution < -0.4 is 5.32 Å². The summed E-state index contributed by atoms with van der Waals surface area (Å²) in [5, 5.41) is 7.81. The monoisotopic (exact) mass is 553 g/mol. The van der Waals surface area contributed by atoms with Crippen LogP contribution in [0.2, 0.25) is 0 Å². The van der Waals surface area contributed by atoms with Crippen molar-refractivity contribution >= 4 is 17.8 Å². The molecule has 2 aliphatic heterocycles. The van der Waals surface area contributed by atoms with Crippen LogP contribution in [-0.2, 0) is 28.9 Å². The van der Waals surface area contributed by atoms with Crippen LogP contribution in [-0.4, -0.2) is 97.0 Å². The number of nitrogens with zero attached hydrogens (tertiary/aromatic N) is 4. The first-order valence-corrected chi connectivity index (χ1v) is 14.4. The molecule has 4 rings (SSSR count). The maximum atomic E-state index is 13.0. The molecule has 10 heteroatoms. The molecule has 2 aliphatic rings. The molecular weight excluding hydrogens is 510 g/mol. The summed E-state index contributed by atoms with van der Waals surface area (Å²) in [5.41, 5.74) is 3.00. The number of aryl methyl sites for hydroxylation is 1. The summed E-state index contributed by atoms with van der Waals surface area (Å²) >= 11 is 0. The van der Waals surface area contributed by atoms with Gasteiger partial charge >= 0.3 is 5.97 Å². The molecule has 1 saturated heterocycles. The molecule has 0 aliphatic carbocycles. The maximum Gasteiger partial charge on any atom is 0.338 e. The molecule has 10 nitrogen and oxygen atoms in total. The van der Waals surface area contributed by atoms with Crippen molar-refractivity contribution in [2.24, 2.45) is 5.41 Å². The highest BCUT2D eigenvalue weighted by molar-refractivity contribution is 5.96. The molecule has 1 aromatic heterocycles. The van der Waals surface area contributed by atoms with Crippen LogP contribution in [0.5, 0.6) is 0 Å². The molecule has 1 fully saturated rings. The average Bonchev–Trinajstić information content (AvgIpc) is 3.27. The summed E-state index contributed by atoms with van der Waals surface area (Å²) in [7, 11) is 2.05. The van der Waals surface area contributed by atoms with E-state index in [9.17, 15) is 14.4 Å². The van der Waals surface area contributed by atoms with Gasteiger partial charge in [-0.25, -0.2) is 4.79 Å². The lowest BCUT2D eigenvalue weighted by Gasteiger charge is -2.32. The van der Waals surface area contributed by atoms with E-state index in [1.165, 1.54) is 0 Å². The first-order valence-electron chi connectivity index (χ1n) is 14.4. The van der Waals surface area contributed by atoms with Gasteiger partial charge in [0, 0.05) is 75.4 Å². The molecule has 2 amide bonds. The Hall–Kier alpha value is -3.24. The van der Waals surface area contributed by atoms with Crippen molar-refractivity contribution in [3.63, 3.8) is 0 Å². The first kappa shape index (κ1) is 29.7. The lowest BCUT2D eigenvalue weighted by molar-refractivity contribution is 0.0339. The molecule has 0 bridgehead atoms. The molecule has 0 atom stereocenters. The highest BCUT2D eigenvalue weighted by Crippen LogP contribution is 2.27. The van der Waals surface area contributed by atoms with E-state index in [2.05, 4.69) is 17.3 Å². The quantitative estimate of drug-likeness (QED) is 0.526. The van der Waals surface area contributed by atoms with Crippen molar-refractivity contribution in [3.05, 3.63) is 52.3 Å². The minimum absolute atomic E-state index is 0.0160. The third-order valence-electron chi connectivity index (χ3n) is 7.51. The van der Waals surface area contributed by atoms with Gasteiger partial charge in [-0.3, -0.25) is 14.3 Å². The molecule has 0 radical (unpaired) electrons. The second kappa shape index (κ2) is 13.4. The number of hydrogen-bond acceptors (Lipinski definition) is 7. The van der Waals surface area contributed by atoms with Gasteiger partial charge in [0.2, 0.25) is 0 Å². The number of nitrogens with one attached hydrogen (secondary N) is 1. The van der Waals surface area contributed by atoms with Crippen molar-refractivity contribution in [3.8, 4) is 0 Å². The number of ether oxygens (including phenoxy) is 2. The molecule has 0 spiro atoms. The highest BCUT2D eigenvalue weighted by Gasteiger charge is 2.29. The number of likely N-dealkylation sites (N-methyl/N-ethyl adjacent to an activating group) is 1. The Labute approximate surface area is 237 Å². The number of fused-ring (bicyclic) bond motifs is 1. The number of rotatable bonds is 7. The van der Waals surface area contributed by atoms with Gasteiger partial charge in [0.05, 0.1) is 17.9 Å². The predicted octanol–water partition coefficient (Wildman–Crippen LogP) is 2.80. The Kier molecular flexibility index (Phi) is 9.97. The number of carbonyl (C=O) groups is 3. The van der Waals surface area contributed by atoms with Crippen molar-refractivity contribution in [1.29, 1.82) is 0 Å². The summed E-state index contributed by atoms with van der Waals surface area (Å²) in [6.45, 7) is 11.8. The fourth-order valence-corrected chi connectivity index (χ4v) is 5.14. The van der Waals surface area contributed by atoms with Crippen molar-refractivity contribution in [1.82, 2.24) is 24.9 Å². The Morgan fingerprint density at radius 3 is 2.42 bits per heavy atom. The van der Waals surface area contributed by atoms with Gasteiger partial charge in [-0.2, -0.15) is 5.10 Å². The Bertz CT molecular complexity index is 1180. The number of carbonyl (C=O) groups excluding carboxylic acids is 3. The van der Waals surface area contributed by atoms with E-state index in [-0.39, 0.29) is 18.4 Å². The number of piperazine rings is 1. The van der Waals surface area contributed by atoms with Crippen LogP contribution >= 0.6 is 0 Å². The Morgan fingerprint density at radius 1 is 1.05 bits per heavy atom. The summed E-state index contributed by atoms with van der Waals surface area (Å²) in [6, 6.07) is 6.69. The SMILES string of the molecule is CCn1nc(CC(C)(C)COC(=O)c2ccc(C(=O)N3CCN(C)CC3)cc2)c2c1C(=O)NCCCOCCC2. The topological polar surface area (TPSA) is 106 Å². The number of aromatic nitrogens is 2. The van der Waals surface area contributed by atoms with Crippen molar-refractivity contribution in [2.75, 3.05) is 59.6 Å². The molecular formula is C30H43N5O5. The zero-order chi connectivity index (χ0) is 28.7. The molecule has 1 aromatic carbocycles. The van der Waals surface area contributed by atoms with E-state index in [0.717, 1.165) is 37.2 Å². The van der Waals surface area contributed by atoms with Crippen molar-refractivity contribution < 1.29 is 23.9 Å². The van der Waals surface area contributed by atoms with Crippen LogP contribution in [0.4, 0.5) is 0 Å². The van der Waals surface area contributed by atoms with Crippen LogP contribution in [0, 0.1) is 5.41 Å². The number of benzene rings is 1. The third kappa shape index (κ3) is 7.48. The lowest BCUT2D eigenvalue weighted by Crippen LogP contribution is -2.47. The number of esters is 1. The standard InChI is InChI=1S/C30H43N5O5/c1-5-35-26-24(8-6-18-39-19-7-13-31-27(26)36)25(32-35)20-30(2,3)21-40-29(38)23-11-9-22(10-12-23)28(37)34-16-14-33(4)15-17-34/h9-12H,5-8,13-21H2,1-4H3,(H,31,36). The molecule has 40 heavy (non-hydrogen) atoms. The van der Waals surface area contributed by atoms with Gasteiger partial charge in [0.1, 0.15) is 5.69 Å². The van der Waals surface area contributed by atoms with Gasteiger partial charge in [0.15, 0.2) is 0 Å². The number of hydrogen-bond donors (Lipinski definition) is 1. The average molecular weight is 554 g/mol. The lowest BCUT2D eigenvalue weighted by atomic mass is 9.86. The molecule has 0 unspecified atom stereocenters. The van der Waals surface area contributed by atoms with E-state index in [1.807, 2.05) is 25.7 Å². The Balaban J connectivity index is 1.39. The van der Waals surface area contributed by atoms with E-state index in [0.29, 0.717) is 69.1 Å². The van der Waals surface area contributed by atoms with Gasteiger partial charge in [-0.15, -0.1) is 0 Å². The van der Waals surface area contributed by atoms with Crippen LogP contribution in [0.1, 0.15) is 76.1 Å².